The summed E-state index contributed by atoms with van der Waals surface area (Å²) in [6.07, 6.45) is 11.1. The molecule has 1 amide bonds. The molecule has 252 valence electrons. The number of carboxylic acids is 1. The van der Waals surface area contributed by atoms with Gasteiger partial charge in [0.1, 0.15) is 13.1 Å². The lowest BCUT2D eigenvalue weighted by atomic mass is 9.85. The zero-order valence-corrected chi connectivity index (χ0v) is 27.8. The lowest BCUT2D eigenvalue weighted by Crippen LogP contribution is -2.40. The molecule has 0 unspecified atom stereocenters. The van der Waals surface area contributed by atoms with Crippen LogP contribution >= 0.6 is 0 Å². The number of rotatable bonds is 7. The van der Waals surface area contributed by atoms with E-state index >= 15 is 0 Å². The number of hydrogen-bond donors (Lipinski definition) is 1. The minimum Gasteiger partial charge on any atom is -0.480 e. The lowest BCUT2D eigenvalue weighted by Gasteiger charge is -2.33. The molecule has 1 aromatic carbocycles. The highest BCUT2D eigenvalue weighted by Crippen LogP contribution is 2.32. The molecule has 12 nitrogen and oxygen atoms in total. The molecule has 2 aromatic heterocycles. The number of amides is 1. The Morgan fingerprint density at radius 1 is 0.809 bits per heavy atom. The first-order valence-electron chi connectivity index (χ1n) is 16.3. The molecule has 6 rings (SSSR count). The van der Waals surface area contributed by atoms with E-state index in [-0.39, 0.29) is 24.8 Å². The quantitative estimate of drug-likeness (QED) is 0.402. The molecule has 47 heavy (non-hydrogen) atoms. The van der Waals surface area contributed by atoms with Gasteiger partial charge in [-0.15, -0.1) is 0 Å². The van der Waals surface area contributed by atoms with Crippen molar-refractivity contribution in [2.75, 3.05) is 13.1 Å². The number of piperidine rings is 1. The van der Waals surface area contributed by atoms with Crippen LogP contribution < -0.4 is 0 Å². The molecule has 1 aliphatic heterocycles. The van der Waals surface area contributed by atoms with Gasteiger partial charge in [0.15, 0.2) is 0 Å². The van der Waals surface area contributed by atoms with Gasteiger partial charge in [-0.3, -0.25) is 19.0 Å². The smallest absolute Gasteiger partial charge is 0.373 e. The van der Waals surface area contributed by atoms with E-state index in [1.54, 1.807) is 4.68 Å². The van der Waals surface area contributed by atoms with E-state index in [0.717, 1.165) is 82.3 Å². The van der Waals surface area contributed by atoms with Crippen LogP contribution in [0, 0.1) is 13.8 Å². The van der Waals surface area contributed by atoms with Gasteiger partial charge in [-0.2, -0.15) is 29.4 Å². The Balaban J connectivity index is 0.000000251. The van der Waals surface area contributed by atoms with Crippen LogP contribution in [-0.2, 0) is 80.4 Å². The molecule has 0 atom stereocenters. The van der Waals surface area contributed by atoms with Gasteiger partial charge in [-0.1, -0.05) is 32.0 Å². The minimum atomic E-state index is -0.815. The molecule has 0 spiro atoms. The van der Waals surface area contributed by atoms with Crippen molar-refractivity contribution < 1.29 is 33.9 Å². The molecular formula is C35H45N5O7. The van der Waals surface area contributed by atoms with Crippen LogP contribution in [0.2, 0.25) is 0 Å². The second-order valence-electron chi connectivity index (χ2n) is 12.0. The Labute approximate surface area is 275 Å². The first-order chi connectivity index (χ1) is 22.6. The monoisotopic (exact) mass is 647 g/mol. The number of aromatic nitrogens is 4. The number of hydrogen-bond acceptors (Lipinski definition) is 8. The fraction of sp³-hybridized carbons (Fsp3) is 0.543. The predicted molar refractivity (Wildman–Crippen MR) is 169 cm³/mol. The highest BCUT2D eigenvalue weighted by molar-refractivity contribution is 5.76. The van der Waals surface area contributed by atoms with Crippen molar-refractivity contribution in [3.63, 3.8) is 0 Å². The third-order valence-corrected chi connectivity index (χ3v) is 9.35. The van der Waals surface area contributed by atoms with Crippen molar-refractivity contribution in [3.05, 3.63) is 68.8 Å². The first-order valence-corrected chi connectivity index (χ1v) is 16.3. The number of carbonyl (C=O) groups is 2. The predicted octanol–water partition coefficient (Wildman–Crippen LogP) is 3.81. The average molecular weight is 648 g/mol. The Hall–Kier alpha value is -4.66. The van der Waals surface area contributed by atoms with Crippen molar-refractivity contribution in [1.82, 2.24) is 24.5 Å². The number of aryl methyl sites for hydroxylation is 3. The van der Waals surface area contributed by atoms with E-state index in [1.165, 1.54) is 45.6 Å². The summed E-state index contributed by atoms with van der Waals surface area (Å²) in [5.74, 6) is -0.00582. The molecular weight excluding hydrogens is 602 g/mol. The highest BCUT2D eigenvalue weighted by Gasteiger charge is 2.28. The maximum absolute atomic E-state index is 12.9. The molecule has 0 radical (unpaired) electrons. The number of carboxylic acid groups (broad SMARTS) is 1. The minimum absolute atomic E-state index is 0.00231. The van der Waals surface area contributed by atoms with Gasteiger partial charge in [-0.05, 0) is 112 Å². The summed E-state index contributed by atoms with van der Waals surface area (Å²) in [6.45, 7) is 10.8. The lowest BCUT2D eigenvalue weighted by molar-refractivity contribution is -0.193. The molecule has 0 saturated carbocycles. The van der Waals surface area contributed by atoms with Crippen LogP contribution in [0.15, 0.2) is 18.2 Å². The molecule has 0 bridgehead atoms. The summed E-state index contributed by atoms with van der Waals surface area (Å²) >= 11 is 0. The summed E-state index contributed by atoms with van der Waals surface area (Å²) in [6, 6.07) is 6.62. The van der Waals surface area contributed by atoms with Crippen molar-refractivity contribution in [2.24, 2.45) is 0 Å². The largest absolute Gasteiger partial charge is 0.480 e. The number of likely N-dealkylation sites (tertiary alicyclic amines) is 1. The van der Waals surface area contributed by atoms with Gasteiger partial charge >= 0.3 is 18.3 Å². The summed E-state index contributed by atoms with van der Waals surface area (Å²) in [7, 11) is 0. The maximum atomic E-state index is 12.9. The molecule has 1 N–H and O–H groups in total. The third-order valence-electron chi connectivity index (χ3n) is 9.35. The number of benzene rings is 1. The Morgan fingerprint density at radius 3 is 1.77 bits per heavy atom. The Morgan fingerprint density at radius 2 is 1.30 bits per heavy atom. The van der Waals surface area contributed by atoms with E-state index < -0.39 is 5.97 Å². The topological polar surface area (TPSA) is 162 Å². The van der Waals surface area contributed by atoms with Crippen LogP contribution in [0.25, 0.3) is 0 Å². The van der Waals surface area contributed by atoms with Crippen LogP contribution in [0.1, 0.15) is 96.0 Å². The molecule has 3 aromatic rings. The van der Waals surface area contributed by atoms with Crippen molar-refractivity contribution >= 4 is 24.2 Å². The van der Waals surface area contributed by atoms with Gasteiger partial charge < -0.3 is 10.0 Å². The molecule has 2 aliphatic carbocycles. The van der Waals surface area contributed by atoms with E-state index in [0.29, 0.717) is 12.5 Å². The third kappa shape index (κ3) is 9.21. The van der Waals surface area contributed by atoms with Crippen molar-refractivity contribution in [1.29, 1.82) is 0 Å². The number of aliphatic carboxylic acids is 1. The van der Waals surface area contributed by atoms with Crippen LogP contribution in [0.4, 0.5) is 0 Å². The van der Waals surface area contributed by atoms with E-state index in [9.17, 15) is 9.59 Å². The van der Waals surface area contributed by atoms with Gasteiger partial charge in [0.2, 0.25) is 5.91 Å². The molecule has 12 heteroatoms. The fourth-order valence-electron chi connectivity index (χ4n) is 7.02. The van der Waals surface area contributed by atoms with Crippen LogP contribution in [0.3, 0.4) is 0 Å². The first kappa shape index (κ1) is 36.8. The van der Waals surface area contributed by atoms with Gasteiger partial charge in [0.05, 0.1) is 11.4 Å². The van der Waals surface area contributed by atoms with Crippen molar-refractivity contribution in [2.45, 2.75) is 111 Å². The zero-order chi connectivity index (χ0) is 34.5. The van der Waals surface area contributed by atoms with E-state index in [1.807, 2.05) is 4.68 Å². The standard InChI is InChI=1S/C23H31N3O.C10H14N2O2.2CO2/c1-4-21-20-9-6-10-22(20)26(24-21)15-23(27)25-13-11-18(12-14-25)19-8-5-7-16(2)17(19)3;1-2-8-7-4-3-5-9(7)12(11-8)6-10(13)14;2*2-1-3/h5,7-8,18H,4,6,9-15H2,1-3H3;2-6H2,1H3,(H,13,14);;. The number of fused-ring (bicyclic) bond motifs is 2. The molecule has 3 heterocycles. The highest BCUT2D eigenvalue weighted by atomic mass is 16.4. The maximum Gasteiger partial charge on any atom is 0.373 e. The Kier molecular flexibility index (Phi) is 14.0. The van der Waals surface area contributed by atoms with Gasteiger partial charge in [0.25, 0.3) is 0 Å². The normalized spacial score (nSPS) is 14.6. The van der Waals surface area contributed by atoms with Gasteiger partial charge in [-0.25, -0.2) is 0 Å². The van der Waals surface area contributed by atoms with Crippen molar-refractivity contribution in [3.8, 4) is 0 Å². The second kappa shape index (κ2) is 17.9. The van der Waals surface area contributed by atoms with Crippen LogP contribution in [-0.4, -0.2) is 66.8 Å². The molecule has 1 saturated heterocycles. The SMILES string of the molecule is CCc1nn(CC(=O)N2CCC(c3cccc(C)c3C)CC2)c2c1CCC2.CCc1nn(CC(=O)O)c2c1CCC2.O=C=O.O=C=O. The molecule has 1 fully saturated rings. The van der Waals surface area contributed by atoms with Gasteiger partial charge in [0, 0.05) is 24.5 Å². The average Bonchev–Trinajstić information content (AvgIpc) is 3.84. The van der Waals surface area contributed by atoms with E-state index in [2.05, 4.69) is 55.9 Å². The summed E-state index contributed by atoms with van der Waals surface area (Å²) in [5.41, 5.74) is 11.7. The summed E-state index contributed by atoms with van der Waals surface area (Å²) < 4.78 is 3.66. The number of carbonyl (C=O) groups excluding carboxylic acids is 5. The van der Waals surface area contributed by atoms with Crippen LogP contribution in [0.5, 0.6) is 0 Å². The fourth-order valence-corrected chi connectivity index (χ4v) is 7.02. The second-order valence-corrected chi connectivity index (χ2v) is 12.0. The summed E-state index contributed by atoms with van der Waals surface area (Å²) in [5, 5.41) is 17.8. The Bertz CT molecular complexity index is 1590. The van der Waals surface area contributed by atoms with E-state index in [4.69, 9.17) is 29.4 Å². The molecule has 3 aliphatic rings. The number of nitrogens with zero attached hydrogens (tertiary/aromatic N) is 5. The zero-order valence-electron chi connectivity index (χ0n) is 27.8. The summed E-state index contributed by atoms with van der Waals surface area (Å²) in [4.78, 5) is 58.1.